The van der Waals surface area contributed by atoms with Crippen LogP contribution in [0.1, 0.15) is 64.9 Å². The van der Waals surface area contributed by atoms with Gasteiger partial charge in [0.2, 0.25) is 10.0 Å². The van der Waals surface area contributed by atoms with Gasteiger partial charge in [0, 0.05) is 6.20 Å². The van der Waals surface area contributed by atoms with Crippen molar-refractivity contribution in [3.8, 4) is 5.75 Å². The van der Waals surface area contributed by atoms with Crippen LogP contribution >= 0.6 is 0 Å². The second-order valence-electron chi connectivity index (χ2n) is 13.1. The second-order valence-corrected chi connectivity index (χ2v) is 14.8. The molecule has 0 aliphatic heterocycles. The molecule has 2 atom stereocenters. The average molecular weight is 714 g/mol. The minimum Gasteiger partial charge on any atom is -0.494 e. The van der Waals surface area contributed by atoms with Gasteiger partial charge < -0.3 is 10.1 Å². The molecule has 0 bridgehead atoms. The van der Waals surface area contributed by atoms with Crippen molar-refractivity contribution in [3.63, 3.8) is 0 Å². The molecule has 8 nitrogen and oxygen atoms in total. The highest BCUT2D eigenvalue weighted by Gasteiger charge is 2.29. The van der Waals surface area contributed by atoms with Crippen molar-refractivity contribution in [2.45, 2.75) is 62.6 Å². The Balaban J connectivity index is 0.990. The van der Waals surface area contributed by atoms with Crippen LogP contribution in [0.4, 0.5) is 0 Å². The summed E-state index contributed by atoms with van der Waals surface area (Å²) in [5.41, 5.74) is 6.35. The molecule has 6 rings (SSSR count). The number of nitrogens with zero attached hydrogens (tertiary/aromatic N) is 3. The molecule has 9 heteroatoms. The maximum Gasteiger partial charge on any atom is 0.241 e. The van der Waals surface area contributed by atoms with Crippen molar-refractivity contribution in [1.29, 1.82) is 0 Å². The Labute approximate surface area is 308 Å². The van der Waals surface area contributed by atoms with Gasteiger partial charge in [-0.3, -0.25) is 0 Å². The molecule has 268 valence electrons. The molecule has 0 saturated carbocycles. The average Bonchev–Trinajstić information content (AvgIpc) is 3.62. The number of unbranched alkanes of at least 4 members (excludes halogenated alkanes) is 1. The lowest BCUT2D eigenvalue weighted by atomic mass is 9.94. The van der Waals surface area contributed by atoms with Gasteiger partial charge in [-0.25, -0.2) is 17.8 Å². The van der Waals surface area contributed by atoms with E-state index >= 15 is 0 Å². The molecule has 1 aromatic heterocycles. The van der Waals surface area contributed by atoms with Crippen molar-refractivity contribution < 1.29 is 13.2 Å². The molecule has 0 radical (unpaired) electrons. The normalized spacial score (nSPS) is 12.7. The van der Waals surface area contributed by atoms with Gasteiger partial charge in [0.15, 0.2) is 0 Å². The number of ether oxygens (including phenoxy) is 1. The summed E-state index contributed by atoms with van der Waals surface area (Å²) < 4.78 is 38.3. The molecule has 0 saturated heterocycles. The van der Waals surface area contributed by atoms with E-state index in [9.17, 15) is 8.42 Å². The van der Waals surface area contributed by atoms with E-state index in [0.717, 1.165) is 66.8 Å². The van der Waals surface area contributed by atoms with Gasteiger partial charge in [0.25, 0.3) is 0 Å². The lowest BCUT2D eigenvalue weighted by Crippen LogP contribution is -2.39. The van der Waals surface area contributed by atoms with Crippen LogP contribution in [-0.2, 0) is 29.4 Å². The summed E-state index contributed by atoms with van der Waals surface area (Å²) in [5.74, 6) is 0.867. The third-order valence-corrected chi connectivity index (χ3v) is 10.5. The molecule has 6 aromatic rings. The van der Waals surface area contributed by atoms with Crippen LogP contribution in [0.5, 0.6) is 5.75 Å². The number of benzene rings is 5. The number of sulfonamides is 1. The summed E-state index contributed by atoms with van der Waals surface area (Å²) in [6, 6.07) is 44.6. The lowest BCUT2D eigenvalue weighted by molar-refractivity contribution is 0.306. The predicted octanol–water partition coefficient (Wildman–Crippen LogP) is 8.02. The summed E-state index contributed by atoms with van der Waals surface area (Å²) in [5, 5.41) is 12.3. The van der Waals surface area contributed by atoms with Crippen LogP contribution in [-0.4, -0.2) is 36.6 Å². The van der Waals surface area contributed by atoms with Gasteiger partial charge >= 0.3 is 0 Å². The number of aryl methyl sites for hydroxylation is 3. The van der Waals surface area contributed by atoms with E-state index in [1.807, 2.05) is 121 Å². The van der Waals surface area contributed by atoms with Gasteiger partial charge in [-0.2, -0.15) is 0 Å². The maximum absolute atomic E-state index is 13.7. The molecule has 0 unspecified atom stereocenters. The Morgan fingerprint density at radius 1 is 0.673 bits per heavy atom. The van der Waals surface area contributed by atoms with Crippen LogP contribution in [0.2, 0.25) is 0 Å². The Kier molecular flexibility index (Phi) is 13.0. The Bertz CT molecular complexity index is 2040. The number of hydrogen-bond donors (Lipinski definition) is 2. The van der Waals surface area contributed by atoms with Crippen LogP contribution in [0, 0.1) is 6.92 Å². The summed E-state index contributed by atoms with van der Waals surface area (Å²) in [6.45, 7) is 4.03. The van der Waals surface area contributed by atoms with E-state index < -0.39 is 16.1 Å². The summed E-state index contributed by atoms with van der Waals surface area (Å²) in [7, 11) is -3.80. The fourth-order valence-electron chi connectivity index (χ4n) is 6.23. The van der Waals surface area contributed by atoms with E-state index in [-0.39, 0.29) is 10.9 Å². The van der Waals surface area contributed by atoms with Gasteiger partial charge in [-0.15, -0.1) is 5.10 Å². The topological polar surface area (TPSA) is 98.1 Å². The predicted molar refractivity (Wildman–Crippen MR) is 207 cm³/mol. The maximum atomic E-state index is 13.7. The van der Waals surface area contributed by atoms with E-state index in [1.165, 1.54) is 11.1 Å². The first-order valence-electron chi connectivity index (χ1n) is 18.0. The molecule has 1 heterocycles. The highest BCUT2D eigenvalue weighted by Crippen LogP contribution is 2.31. The van der Waals surface area contributed by atoms with Crippen LogP contribution < -0.4 is 14.8 Å². The lowest BCUT2D eigenvalue weighted by Gasteiger charge is -2.30. The molecule has 0 aliphatic carbocycles. The Hall–Kier alpha value is -5.09. The van der Waals surface area contributed by atoms with Gasteiger partial charge in [-0.05, 0) is 92.1 Å². The minimum atomic E-state index is -3.80. The SMILES string of the molecule is Cc1ccc(S(=O)(=O)N[C@H](c2ccccc2)[C@H](NCCCc2ccc(OCCCCc3cn(Cc4ccccc4)nn3)cc2)c2ccccc2)cc1. The van der Waals surface area contributed by atoms with Crippen LogP contribution in [0.3, 0.4) is 0 Å². The van der Waals surface area contributed by atoms with Gasteiger partial charge in [0.1, 0.15) is 5.75 Å². The summed E-state index contributed by atoms with van der Waals surface area (Å²) >= 11 is 0. The quantitative estimate of drug-likeness (QED) is 0.0826. The zero-order chi connectivity index (χ0) is 36.0. The third-order valence-electron chi connectivity index (χ3n) is 9.06. The fourth-order valence-corrected chi connectivity index (χ4v) is 7.47. The first-order valence-corrected chi connectivity index (χ1v) is 19.5. The number of hydrogen-bond acceptors (Lipinski definition) is 6. The van der Waals surface area contributed by atoms with Gasteiger partial charge in [0.05, 0.1) is 35.8 Å². The molecule has 0 fully saturated rings. The standard InChI is InChI=1S/C43H47N5O3S/c1-34-22-28-41(29-23-34)52(49,50)46-43(38-19-9-4-10-20-38)42(37-17-7-3-8-18-37)44-30-13-16-35-24-26-40(27-25-35)51-31-12-11-21-39-33-48(47-45-39)32-36-14-5-2-6-15-36/h2-10,14-15,17-20,22-29,33,42-44,46H,11-13,16,21,30-32H2,1H3/t42-,43-/m1/s1. The van der Waals surface area contributed by atoms with Crippen molar-refractivity contribution in [2.75, 3.05) is 13.2 Å². The molecular formula is C43H47N5O3S. The highest BCUT2D eigenvalue weighted by molar-refractivity contribution is 7.89. The van der Waals surface area contributed by atoms with Crippen molar-refractivity contribution in [1.82, 2.24) is 25.0 Å². The second kappa shape index (κ2) is 18.4. The van der Waals surface area contributed by atoms with E-state index in [4.69, 9.17) is 4.74 Å². The number of rotatable bonds is 19. The Morgan fingerprint density at radius 3 is 1.98 bits per heavy atom. The van der Waals surface area contributed by atoms with Crippen molar-refractivity contribution in [3.05, 3.63) is 179 Å². The monoisotopic (exact) mass is 713 g/mol. The molecule has 2 N–H and O–H groups in total. The fraction of sp³-hybridized carbons (Fsp3) is 0.256. The molecule has 0 aliphatic rings. The number of nitrogens with one attached hydrogen (secondary N) is 2. The largest absolute Gasteiger partial charge is 0.494 e. The highest BCUT2D eigenvalue weighted by atomic mass is 32.2. The first kappa shape index (κ1) is 36.7. The molecule has 0 amide bonds. The van der Waals surface area contributed by atoms with Crippen LogP contribution in [0.25, 0.3) is 0 Å². The first-order chi connectivity index (χ1) is 25.4. The molecule has 5 aromatic carbocycles. The van der Waals surface area contributed by atoms with Crippen molar-refractivity contribution >= 4 is 10.0 Å². The van der Waals surface area contributed by atoms with Crippen molar-refractivity contribution in [2.24, 2.45) is 0 Å². The molecular weight excluding hydrogens is 667 g/mol. The minimum absolute atomic E-state index is 0.249. The zero-order valence-corrected chi connectivity index (χ0v) is 30.5. The molecule has 0 spiro atoms. The summed E-state index contributed by atoms with van der Waals surface area (Å²) in [4.78, 5) is 0.249. The van der Waals surface area contributed by atoms with E-state index in [2.05, 4.69) is 44.6 Å². The zero-order valence-electron chi connectivity index (χ0n) is 29.6. The van der Waals surface area contributed by atoms with Crippen LogP contribution in [0.15, 0.2) is 151 Å². The molecule has 52 heavy (non-hydrogen) atoms. The summed E-state index contributed by atoms with van der Waals surface area (Å²) in [6.07, 6.45) is 6.58. The van der Waals surface area contributed by atoms with Gasteiger partial charge in [-0.1, -0.05) is 126 Å². The smallest absolute Gasteiger partial charge is 0.241 e. The third kappa shape index (κ3) is 10.7. The van der Waals surface area contributed by atoms with E-state index in [1.54, 1.807) is 12.1 Å². The van der Waals surface area contributed by atoms with E-state index in [0.29, 0.717) is 13.2 Å². The number of aromatic nitrogens is 3. The Morgan fingerprint density at radius 2 is 1.31 bits per heavy atom.